The fourth-order valence-corrected chi connectivity index (χ4v) is 1.78. The summed E-state index contributed by atoms with van der Waals surface area (Å²) in [6.45, 7) is 2.65. The molecule has 7 heteroatoms. The normalized spacial score (nSPS) is 14.9. The molecule has 1 aromatic rings. The van der Waals surface area contributed by atoms with E-state index in [1.54, 1.807) is 0 Å². The van der Waals surface area contributed by atoms with Gasteiger partial charge in [-0.2, -0.15) is 0 Å². The average molecular weight is 251 g/mol. The number of rotatable bonds is 6. The van der Waals surface area contributed by atoms with Crippen LogP contribution in [0.25, 0.3) is 0 Å². The first-order valence-electron chi connectivity index (χ1n) is 6.22. The third kappa shape index (κ3) is 2.66. The average Bonchev–Trinajstić information content (AvgIpc) is 2.30. The maximum absolute atomic E-state index is 11.1. The Bertz CT molecular complexity index is 433. The Kier molecular flexibility index (Phi) is 3.91. The maximum atomic E-state index is 11.1. The Labute approximate surface area is 105 Å². The van der Waals surface area contributed by atoms with E-state index in [1.807, 2.05) is 6.92 Å². The summed E-state index contributed by atoms with van der Waals surface area (Å²) in [4.78, 5) is 18.6. The predicted molar refractivity (Wildman–Crippen MR) is 68.7 cm³/mol. The van der Waals surface area contributed by atoms with Gasteiger partial charge >= 0.3 is 5.69 Å². The van der Waals surface area contributed by atoms with Gasteiger partial charge in [0.25, 0.3) is 0 Å². The summed E-state index contributed by atoms with van der Waals surface area (Å²) in [5.41, 5.74) is -0.0575. The van der Waals surface area contributed by atoms with Gasteiger partial charge in [0.15, 0.2) is 0 Å². The first-order chi connectivity index (χ1) is 8.72. The van der Waals surface area contributed by atoms with Crippen LogP contribution in [0, 0.1) is 10.1 Å². The lowest BCUT2D eigenvalue weighted by Gasteiger charge is -2.26. The number of nitrogens with zero attached hydrogens (tertiary/aromatic N) is 3. The van der Waals surface area contributed by atoms with E-state index in [0.717, 1.165) is 25.7 Å². The minimum absolute atomic E-state index is 0.0575. The van der Waals surface area contributed by atoms with E-state index in [2.05, 4.69) is 20.6 Å². The molecule has 7 nitrogen and oxygen atoms in total. The molecule has 1 fully saturated rings. The van der Waals surface area contributed by atoms with Crippen LogP contribution in [0.1, 0.15) is 32.6 Å². The Hall–Kier alpha value is -1.92. The Morgan fingerprint density at radius 2 is 2.17 bits per heavy atom. The molecule has 0 bridgehead atoms. The highest BCUT2D eigenvalue weighted by atomic mass is 16.6. The van der Waals surface area contributed by atoms with Crippen LogP contribution in [0.5, 0.6) is 0 Å². The van der Waals surface area contributed by atoms with Gasteiger partial charge in [0, 0.05) is 12.6 Å². The van der Waals surface area contributed by atoms with E-state index in [9.17, 15) is 10.1 Å². The molecule has 0 saturated heterocycles. The second kappa shape index (κ2) is 5.61. The molecule has 2 rings (SSSR count). The second-order valence-electron chi connectivity index (χ2n) is 4.38. The zero-order valence-corrected chi connectivity index (χ0v) is 10.3. The zero-order valence-electron chi connectivity index (χ0n) is 10.3. The van der Waals surface area contributed by atoms with E-state index < -0.39 is 4.92 Å². The van der Waals surface area contributed by atoms with Gasteiger partial charge in [0.05, 0.1) is 4.92 Å². The second-order valence-corrected chi connectivity index (χ2v) is 4.38. The molecule has 18 heavy (non-hydrogen) atoms. The highest BCUT2D eigenvalue weighted by Crippen LogP contribution is 2.32. The fraction of sp³-hybridized carbons (Fsp3) is 0.636. The fourth-order valence-electron chi connectivity index (χ4n) is 1.78. The molecular formula is C11H17N5O2. The van der Waals surface area contributed by atoms with Crippen LogP contribution in [-0.2, 0) is 0 Å². The van der Waals surface area contributed by atoms with Crippen molar-refractivity contribution in [3.63, 3.8) is 0 Å². The molecule has 0 amide bonds. The van der Waals surface area contributed by atoms with Gasteiger partial charge in [-0.3, -0.25) is 10.1 Å². The van der Waals surface area contributed by atoms with Crippen molar-refractivity contribution in [2.75, 3.05) is 17.2 Å². The van der Waals surface area contributed by atoms with Crippen molar-refractivity contribution in [2.45, 2.75) is 38.6 Å². The van der Waals surface area contributed by atoms with Crippen LogP contribution in [0.15, 0.2) is 6.33 Å². The van der Waals surface area contributed by atoms with Gasteiger partial charge in [-0.1, -0.05) is 6.92 Å². The largest absolute Gasteiger partial charge is 0.364 e. The van der Waals surface area contributed by atoms with E-state index >= 15 is 0 Å². The van der Waals surface area contributed by atoms with E-state index in [1.165, 1.54) is 6.33 Å². The molecule has 0 radical (unpaired) electrons. The number of aromatic nitrogens is 2. The van der Waals surface area contributed by atoms with Gasteiger partial charge in [-0.25, -0.2) is 9.97 Å². The minimum Gasteiger partial charge on any atom is -0.364 e. The van der Waals surface area contributed by atoms with Crippen molar-refractivity contribution >= 4 is 17.3 Å². The Morgan fingerprint density at radius 3 is 2.72 bits per heavy atom. The lowest BCUT2D eigenvalue weighted by molar-refractivity contribution is -0.383. The van der Waals surface area contributed by atoms with Crippen molar-refractivity contribution < 1.29 is 4.92 Å². The molecule has 2 N–H and O–H groups in total. The summed E-state index contributed by atoms with van der Waals surface area (Å²) in [5.74, 6) is 0.608. The van der Waals surface area contributed by atoms with Crippen LogP contribution < -0.4 is 10.6 Å². The van der Waals surface area contributed by atoms with Crippen molar-refractivity contribution in [3.8, 4) is 0 Å². The highest BCUT2D eigenvalue weighted by Gasteiger charge is 2.26. The molecule has 0 atom stereocenters. The van der Waals surface area contributed by atoms with Crippen molar-refractivity contribution in [3.05, 3.63) is 16.4 Å². The molecule has 0 aliphatic heterocycles. The van der Waals surface area contributed by atoms with Crippen LogP contribution in [0.3, 0.4) is 0 Å². The van der Waals surface area contributed by atoms with Crippen LogP contribution in [0.4, 0.5) is 17.3 Å². The van der Waals surface area contributed by atoms with E-state index in [4.69, 9.17) is 0 Å². The molecule has 0 unspecified atom stereocenters. The summed E-state index contributed by atoms with van der Waals surface area (Å²) in [5, 5.41) is 17.2. The molecule has 0 aromatic carbocycles. The first kappa shape index (κ1) is 12.5. The number of anilines is 2. The SMILES string of the molecule is CCCNc1ncnc(NC2CCC2)c1[N+](=O)[O-]. The molecule has 98 valence electrons. The molecule has 0 spiro atoms. The number of hydrogen-bond acceptors (Lipinski definition) is 6. The van der Waals surface area contributed by atoms with Gasteiger partial charge in [-0.15, -0.1) is 0 Å². The van der Waals surface area contributed by atoms with Gasteiger partial charge in [-0.05, 0) is 25.7 Å². The highest BCUT2D eigenvalue weighted by molar-refractivity contribution is 5.69. The molecule has 1 heterocycles. The summed E-state index contributed by atoms with van der Waals surface area (Å²) in [6.07, 6.45) is 5.48. The summed E-state index contributed by atoms with van der Waals surface area (Å²) >= 11 is 0. The van der Waals surface area contributed by atoms with Crippen molar-refractivity contribution in [1.29, 1.82) is 0 Å². The molecular weight excluding hydrogens is 234 g/mol. The number of nitro groups is 1. The molecule has 1 aliphatic rings. The topological polar surface area (TPSA) is 93.0 Å². The third-order valence-corrected chi connectivity index (χ3v) is 2.99. The third-order valence-electron chi connectivity index (χ3n) is 2.99. The monoisotopic (exact) mass is 251 g/mol. The standard InChI is InChI=1S/C11H17N5O2/c1-2-6-12-10-9(16(17)18)11(14-7-13-10)15-8-4-3-5-8/h7-8H,2-6H2,1H3,(H2,12,13,14,15). The molecule has 1 aromatic heterocycles. The van der Waals surface area contributed by atoms with Crippen molar-refractivity contribution in [2.24, 2.45) is 0 Å². The van der Waals surface area contributed by atoms with E-state index in [0.29, 0.717) is 24.2 Å². The van der Waals surface area contributed by atoms with Crippen LogP contribution in [-0.4, -0.2) is 27.5 Å². The zero-order chi connectivity index (χ0) is 13.0. The van der Waals surface area contributed by atoms with Crippen LogP contribution >= 0.6 is 0 Å². The quantitative estimate of drug-likeness (QED) is 0.594. The van der Waals surface area contributed by atoms with Gasteiger partial charge < -0.3 is 10.6 Å². The predicted octanol–water partition coefficient (Wildman–Crippen LogP) is 2.17. The summed E-state index contributed by atoms with van der Waals surface area (Å²) in [7, 11) is 0. The Balaban J connectivity index is 2.23. The lowest BCUT2D eigenvalue weighted by Crippen LogP contribution is -2.28. The van der Waals surface area contributed by atoms with Crippen molar-refractivity contribution in [1.82, 2.24) is 9.97 Å². The molecule has 1 aliphatic carbocycles. The first-order valence-corrected chi connectivity index (χ1v) is 6.22. The minimum atomic E-state index is -0.432. The molecule has 1 saturated carbocycles. The maximum Gasteiger partial charge on any atom is 0.353 e. The smallest absolute Gasteiger partial charge is 0.353 e. The number of hydrogen-bond donors (Lipinski definition) is 2. The number of nitrogens with one attached hydrogen (secondary N) is 2. The van der Waals surface area contributed by atoms with Gasteiger partial charge in [0.1, 0.15) is 6.33 Å². The van der Waals surface area contributed by atoms with Crippen LogP contribution in [0.2, 0.25) is 0 Å². The van der Waals surface area contributed by atoms with E-state index in [-0.39, 0.29) is 5.69 Å². The van der Waals surface area contributed by atoms with Gasteiger partial charge in [0.2, 0.25) is 11.6 Å². The summed E-state index contributed by atoms with van der Waals surface area (Å²) < 4.78 is 0. The lowest BCUT2D eigenvalue weighted by atomic mass is 9.93. The Morgan fingerprint density at radius 1 is 1.44 bits per heavy atom. The summed E-state index contributed by atoms with van der Waals surface area (Å²) in [6, 6.07) is 0.303.